The van der Waals surface area contributed by atoms with E-state index in [1.165, 1.54) is 27.7 Å². The monoisotopic (exact) mass is 310 g/mol. The van der Waals surface area contributed by atoms with Crippen LogP contribution in [-0.4, -0.2) is 27.4 Å². The maximum absolute atomic E-state index is 4.53. The Morgan fingerprint density at radius 3 is 2.83 bits per heavy atom. The number of aryl methyl sites for hydroxylation is 3. The van der Waals surface area contributed by atoms with Gasteiger partial charge in [0.05, 0.1) is 12.2 Å². The zero-order chi connectivity index (χ0) is 16.4. The molecule has 3 rings (SSSR count). The van der Waals surface area contributed by atoms with Gasteiger partial charge in [0.1, 0.15) is 0 Å². The van der Waals surface area contributed by atoms with E-state index < -0.39 is 0 Å². The maximum Gasteiger partial charge on any atom is 0.0596 e. The van der Waals surface area contributed by atoms with Crippen molar-refractivity contribution < 1.29 is 0 Å². The summed E-state index contributed by atoms with van der Waals surface area (Å²) in [6.45, 7) is 10.4. The van der Waals surface area contributed by atoms with Gasteiger partial charge in [0.2, 0.25) is 0 Å². The van der Waals surface area contributed by atoms with Gasteiger partial charge in [-0.25, -0.2) is 0 Å². The maximum atomic E-state index is 4.53. The highest BCUT2D eigenvalue weighted by molar-refractivity contribution is 5.85. The van der Waals surface area contributed by atoms with Gasteiger partial charge < -0.3 is 10.3 Å². The summed E-state index contributed by atoms with van der Waals surface area (Å²) < 4.78 is 2.09. The van der Waals surface area contributed by atoms with Gasteiger partial charge in [-0.3, -0.25) is 4.68 Å². The highest BCUT2D eigenvalue weighted by atomic mass is 15.3. The second-order valence-corrected chi connectivity index (χ2v) is 6.53. The molecule has 2 aromatic heterocycles. The molecule has 0 aliphatic carbocycles. The molecule has 4 nitrogen and oxygen atoms in total. The number of H-pyrrole nitrogens is 1. The first-order chi connectivity index (χ1) is 11.0. The first-order valence-electron chi connectivity index (χ1n) is 8.34. The summed E-state index contributed by atoms with van der Waals surface area (Å²) in [5.74, 6) is 0. The molecular weight excluding hydrogens is 284 g/mol. The van der Waals surface area contributed by atoms with Crippen LogP contribution in [0.2, 0.25) is 0 Å². The van der Waals surface area contributed by atoms with Crippen LogP contribution in [0.3, 0.4) is 0 Å². The normalized spacial score (nSPS) is 12.9. The lowest BCUT2D eigenvalue weighted by atomic mass is 10.1. The summed E-state index contributed by atoms with van der Waals surface area (Å²) in [6, 6.07) is 9.01. The van der Waals surface area contributed by atoms with Crippen LogP contribution < -0.4 is 5.32 Å². The summed E-state index contributed by atoms with van der Waals surface area (Å²) in [6.07, 6.45) is 3.18. The van der Waals surface area contributed by atoms with E-state index in [-0.39, 0.29) is 0 Å². The van der Waals surface area contributed by atoms with Crippen molar-refractivity contribution in [2.45, 2.75) is 46.7 Å². The molecule has 122 valence electrons. The molecule has 0 amide bonds. The zero-order valence-corrected chi connectivity index (χ0v) is 14.5. The fourth-order valence-corrected chi connectivity index (χ4v) is 3.21. The Bertz CT molecular complexity index is 797. The van der Waals surface area contributed by atoms with Crippen LogP contribution >= 0.6 is 0 Å². The lowest BCUT2D eigenvalue weighted by Crippen LogP contribution is -2.32. The van der Waals surface area contributed by atoms with Crippen molar-refractivity contribution in [1.82, 2.24) is 20.1 Å². The Morgan fingerprint density at radius 1 is 1.26 bits per heavy atom. The van der Waals surface area contributed by atoms with Crippen LogP contribution in [0.25, 0.3) is 10.9 Å². The van der Waals surface area contributed by atoms with E-state index in [0.29, 0.717) is 6.04 Å². The zero-order valence-electron chi connectivity index (χ0n) is 14.5. The summed E-state index contributed by atoms with van der Waals surface area (Å²) in [5, 5.41) is 9.49. The quantitative estimate of drug-likeness (QED) is 0.732. The number of nitrogens with one attached hydrogen (secondary N) is 2. The Balaban J connectivity index is 1.56. The Morgan fingerprint density at radius 2 is 2.09 bits per heavy atom. The molecule has 1 unspecified atom stereocenters. The van der Waals surface area contributed by atoms with Gasteiger partial charge in [-0.1, -0.05) is 18.2 Å². The molecule has 0 bridgehead atoms. The molecule has 0 fully saturated rings. The van der Waals surface area contributed by atoms with Gasteiger partial charge in [0, 0.05) is 28.8 Å². The predicted octanol–water partition coefficient (Wildman–Crippen LogP) is 3.51. The highest BCUT2D eigenvalue weighted by Crippen LogP contribution is 2.21. The van der Waals surface area contributed by atoms with Crippen molar-refractivity contribution in [2.24, 2.45) is 0 Å². The SMILES string of the molecule is Cc1cc(C)n(CC(C)NCCc2c[nH]c3c(C)cccc23)n1. The molecule has 3 aromatic rings. The molecule has 0 spiro atoms. The van der Waals surface area contributed by atoms with E-state index in [1.54, 1.807) is 0 Å². The van der Waals surface area contributed by atoms with Crippen molar-refractivity contribution in [1.29, 1.82) is 0 Å². The second kappa shape index (κ2) is 6.59. The molecule has 0 radical (unpaired) electrons. The van der Waals surface area contributed by atoms with Gasteiger partial charge in [-0.2, -0.15) is 5.10 Å². The topological polar surface area (TPSA) is 45.6 Å². The lowest BCUT2D eigenvalue weighted by molar-refractivity contribution is 0.447. The molecule has 4 heteroatoms. The van der Waals surface area contributed by atoms with Gasteiger partial charge in [-0.05, 0) is 57.9 Å². The third kappa shape index (κ3) is 3.48. The van der Waals surface area contributed by atoms with Crippen molar-refractivity contribution in [3.63, 3.8) is 0 Å². The molecule has 2 heterocycles. The second-order valence-electron chi connectivity index (χ2n) is 6.53. The standard InChI is InChI=1S/C19H26N4/c1-13-6-5-7-18-17(11-21-19(13)18)8-9-20-15(3)12-23-16(4)10-14(2)22-23/h5-7,10-11,15,20-21H,8-9,12H2,1-4H3. The van der Waals surface area contributed by atoms with Gasteiger partial charge in [0.15, 0.2) is 0 Å². The van der Waals surface area contributed by atoms with E-state index in [4.69, 9.17) is 0 Å². The number of rotatable bonds is 6. The molecular formula is C19H26N4. The third-order valence-electron chi connectivity index (χ3n) is 4.45. The predicted molar refractivity (Wildman–Crippen MR) is 95.9 cm³/mol. The van der Waals surface area contributed by atoms with Crippen molar-refractivity contribution in [3.05, 3.63) is 53.0 Å². The molecule has 0 aliphatic heterocycles. The van der Waals surface area contributed by atoms with Crippen LogP contribution in [0.5, 0.6) is 0 Å². The van der Waals surface area contributed by atoms with Crippen LogP contribution in [0.4, 0.5) is 0 Å². The lowest BCUT2D eigenvalue weighted by Gasteiger charge is -2.15. The van der Waals surface area contributed by atoms with Crippen molar-refractivity contribution >= 4 is 10.9 Å². The first-order valence-corrected chi connectivity index (χ1v) is 8.34. The van der Waals surface area contributed by atoms with Crippen molar-refractivity contribution in [3.8, 4) is 0 Å². The number of aromatic amines is 1. The van der Waals surface area contributed by atoms with E-state index in [9.17, 15) is 0 Å². The Hall–Kier alpha value is -2.07. The first kappa shape index (κ1) is 15.8. The number of hydrogen-bond donors (Lipinski definition) is 2. The van der Waals surface area contributed by atoms with Gasteiger partial charge >= 0.3 is 0 Å². The number of aromatic nitrogens is 3. The molecule has 0 saturated heterocycles. The van der Waals surface area contributed by atoms with E-state index in [1.807, 2.05) is 6.92 Å². The van der Waals surface area contributed by atoms with Crippen molar-refractivity contribution in [2.75, 3.05) is 6.54 Å². The Labute approximate surface area is 137 Å². The number of para-hydroxylation sites is 1. The van der Waals surface area contributed by atoms with Gasteiger partial charge in [0.25, 0.3) is 0 Å². The molecule has 0 saturated carbocycles. The molecule has 1 aromatic carbocycles. The summed E-state index contributed by atoms with van der Waals surface area (Å²) >= 11 is 0. The smallest absolute Gasteiger partial charge is 0.0596 e. The highest BCUT2D eigenvalue weighted by Gasteiger charge is 2.08. The number of nitrogens with zero attached hydrogens (tertiary/aromatic N) is 2. The fourth-order valence-electron chi connectivity index (χ4n) is 3.21. The number of hydrogen-bond acceptors (Lipinski definition) is 2. The molecule has 0 aliphatic rings. The molecule has 23 heavy (non-hydrogen) atoms. The van der Waals surface area contributed by atoms with E-state index in [2.05, 4.69) is 71.3 Å². The molecule has 2 N–H and O–H groups in total. The van der Waals surface area contributed by atoms with Crippen LogP contribution in [0, 0.1) is 20.8 Å². The van der Waals surface area contributed by atoms with Crippen LogP contribution in [-0.2, 0) is 13.0 Å². The van der Waals surface area contributed by atoms with Crippen LogP contribution in [0.15, 0.2) is 30.5 Å². The van der Waals surface area contributed by atoms with Gasteiger partial charge in [-0.15, -0.1) is 0 Å². The minimum absolute atomic E-state index is 0.403. The molecule has 1 atom stereocenters. The minimum Gasteiger partial charge on any atom is -0.361 e. The number of fused-ring (bicyclic) bond motifs is 1. The van der Waals surface area contributed by atoms with E-state index >= 15 is 0 Å². The number of benzene rings is 1. The fraction of sp³-hybridized carbons (Fsp3) is 0.421. The third-order valence-corrected chi connectivity index (χ3v) is 4.45. The summed E-state index contributed by atoms with van der Waals surface area (Å²) in [4.78, 5) is 3.40. The Kier molecular flexibility index (Phi) is 4.53. The largest absolute Gasteiger partial charge is 0.361 e. The average molecular weight is 310 g/mol. The summed E-state index contributed by atoms with van der Waals surface area (Å²) in [7, 11) is 0. The summed E-state index contributed by atoms with van der Waals surface area (Å²) in [5.41, 5.74) is 6.26. The van der Waals surface area contributed by atoms with E-state index in [0.717, 1.165) is 25.2 Å². The average Bonchev–Trinajstić information content (AvgIpc) is 3.04. The van der Waals surface area contributed by atoms with Crippen LogP contribution in [0.1, 0.15) is 29.4 Å². The minimum atomic E-state index is 0.403.